The predicted octanol–water partition coefficient (Wildman–Crippen LogP) is 3.54. The Labute approximate surface area is 154 Å². The lowest BCUT2D eigenvalue weighted by atomic mass is 10.1. The van der Waals surface area contributed by atoms with Gasteiger partial charge < -0.3 is 4.57 Å². The van der Waals surface area contributed by atoms with Crippen LogP contribution in [-0.2, 0) is 13.0 Å². The van der Waals surface area contributed by atoms with Crippen LogP contribution in [-0.4, -0.2) is 19.7 Å². The largest absolute Gasteiger partial charge is 0.307 e. The first kappa shape index (κ1) is 17.1. The Balaban J connectivity index is 1.95. The Kier molecular flexibility index (Phi) is 4.11. The number of benzene rings is 2. The number of imidazole rings is 1. The van der Waals surface area contributed by atoms with Gasteiger partial charge in [0, 0.05) is 16.8 Å². The summed E-state index contributed by atoms with van der Waals surface area (Å²) in [6, 6.07) is 12.9. The number of carbonyl (C=O) groups excluding carboxylic acids is 1. The van der Waals surface area contributed by atoms with E-state index in [4.69, 9.17) is 0 Å². The van der Waals surface area contributed by atoms with Crippen LogP contribution in [0.3, 0.4) is 0 Å². The number of fused-ring (bicyclic) bond motifs is 3. The fourth-order valence-electron chi connectivity index (χ4n) is 3.46. The van der Waals surface area contributed by atoms with Crippen LogP contribution >= 0.6 is 0 Å². The monoisotopic (exact) mass is 363 g/mol. The predicted molar refractivity (Wildman–Crippen MR) is 102 cm³/mol. The number of para-hydroxylation sites is 2. The number of rotatable bonds is 4. The highest BCUT2D eigenvalue weighted by Crippen LogP contribution is 2.18. The molecule has 2 heterocycles. The molecule has 0 aliphatic rings. The third-order valence-corrected chi connectivity index (χ3v) is 4.91. The molecule has 0 radical (unpaired) electrons. The molecule has 6 heteroatoms. The Morgan fingerprint density at radius 1 is 1.11 bits per heavy atom. The highest BCUT2D eigenvalue weighted by Gasteiger charge is 2.19. The van der Waals surface area contributed by atoms with Crippen LogP contribution in [0.5, 0.6) is 0 Å². The summed E-state index contributed by atoms with van der Waals surface area (Å²) in [7, 11) is 0. The SMILES string of the molecule is CCc1c(C)n(CC(=O)c2ccc(F)cc2)c2nc3ccccc3n2c1=O. The summed E-state index contributed by atoms with van der Waals surface area (Å²) in [5.41, 5.74) is 3.10. The quantitative estimate of drug-likeness (QED) is 0.521. The van der Waals surface area contributed by atoms with Gasteiger partial charge in [-0.05, 0) is 49.7 Å². The van der Waals surface area contributed by atoms with E-state index in [1.54, 1.807) is 8.97 Å². The van der Waals surface area contributed by atoms with Crippen LogP contribution in [0.2, 0.25) is 0 Å². The molecular formula is C21H18FN3O2. The molecule has 0 unspecified atom stereocenters. The highest BCUT2D eigenvalue weighted by atomic mass is 19.1. The second kappa shape index (κ2) is 6.46. The number of hydrogen-bond acceptors (Lipinski definition) is 3. The number of ketones is 1. The Bertz CT molecular complexity index is 1240. The van der Waals surface area contributed by atoms with Crippen LogP contribution in [0.4, 0.5) is 4.39 Å². The van der Waals surface area contributed by atoms with E-state index in [-0.39, 0.29) is 23.7 Å². The van der Waals surface area contributed by atoms with Crippen LogP contribution in [0.15, 0.2) is 53.3 Å². The molecule has 0 saturated carbocycles. The maximum Gasteiger partial charge on any atom is 0.262 e. The Morgan fingerprint density at radius 3 is 2.52 bits per heavy atom. The molecule has 2 aromatic heterocycles. The lowest BCUT2D eigenvalue weighted by molar-refractivity contribution is 0.0972. The lowest BCUT2D eigenvalue weighted by Crippen LogP contribution is -2.26. The zero-order chi connectivity index (χ0) is 19.1. The summed E-state index contributed by atoms with van der Waals surface area (Å²) in [6.45, 7) is 3.77. The van der Waals surface area contributed by atoms with Gasteiger partial charge in [-0.15, -0.1) is 0 Å². The Hall–Kier alpha value is -3.28. The van der Waals surface area contributed by atoms with Gasteiger partial charge >= 0.3 is 0 Å². The van der Waals surface area contributed by atoms with Crippen molar-refractivity contribution in [1.82, 2.24) is 14.0 Å². The number of carbonyl (C=O) groups is 1. The summed E-state index contributed by atoms with van der Waals surface area (Å²) in [5, 5.41) is 0. The van der Waals surface area contributed by atoms with E-state index in [9.17, 15) is 14.0 Å². The maximum atomic E-state index is 13.1. The van der Waals surface area contributed by atoms with E-state index in [1.807, 2.05) is 38.1 Å². The zero-order valence-electron chi connectivity index (χ0n) is 15.1. The summed E-state index contributed by atoms with van der Waals surface area (Å²) in [4.78, 5) is 30.3. The third kappa shape index (κ3) is 2.73. The first-order valence-electron chi connectivity index (χ1n) is 8.79. The molecule has 0 spiro atoms. The van der Waals surface area contributed by atoms with Crippen molar-refractivity contribution in [3.05, 3.63) is 81.5 Å². The van der Waals surface area contributed by atoms with Crippen molar-refractivity contribution in [2.24, 2.45) is 0 Å². The van der Waals surface area contributed by atoms with Crippen LogP contribution < -0.4 is 5.56 Å². The minimum atomic E-state index is -0.388. The third-order valence-electron chi connectivity index (χ3n) is 4.91. The lowest BCUT2D eigenvalue weighted by Gasteiger charge is -2.15. The minimum Gasteiger partial charge on any atom is -0.307 e. The molecule has 136 valence electrons. The van der Waals surface area contributed by atoms with Crippen molar-refractivity contribution < 1.29 is 9.18 Å². The first-order valence-corrected chi connectivity index (χ1v) is 8.79. The fourth-order valence-corrected chi connectivity index (χ4v) is 3.46. The normalized spacial score (nSPS) is 11.4. The van der Waals surface area contributed by atoms with Gasteiger partial charge in [0.2, 0.25) is 5.78 Å². The number of aromatic nitrogens is 3. The number of hydrogen-bond donors (Lipinski definition) is 0. The summed E-state index contributed by atoms with van der Waals surface area (Å²) in [6.07, 6.45) is 0.553. The van der Waals surface area contributed by atoms with Crippen LogP contribution in [0.25, 0.3) is 16.8 Å². The minimum absolute atomic E-state index is 0.0254. The van der Waals surface area contributed by atoms with Gasteiger partial charge in [0.1, 0.15) is 5.82 Å². The summed E-state index contributed by atoms with van der Waals surface area (Å²) >= 11 is 0. The van der Waals surface area contributed by atoms with Crippen molar-refractivity contribution in [2.75, 3.05) is 0 Å². The van der Waals surface area contributed by atoms with Gasteiger partial charge in [0.25, 0.3) is 5.56 Å². The van der Waals surface area contributed by atoms with E-state index in [2.05, 4.69) is 4.98 Å². The smallest absolute Gasteiger partial charge is 0.262 e. The van der Waals surface area contributed by atoms with Crippen molar-refractivity contribution in [3.8, 4) is 0 Å². The van der Waals surface area contributed by atoms with E-state index in [0.29, 0.717) is 28.8 Å². The molecule has 0 amide bonds. The van der Waals surface area contributed by atoms with E-state index >= 15 is 0 Å². The van der Waals surface area contributed by atoms with Crippen molar-refractivity contribution in [1.29, 1.82) is 0 Å². The van der Waals surface area contributed by atoms with Crippen molar-refractivity contribution in [3.63, 3.8) is 0 Å². The molecule has 0 atom stereocenters. The molecule has 27 heavy (non-hydrogen) atoms. The fraction of sp³-hybridized carbons (Fsp3) is 0.190. The molecule has 5 nitrogen and oxygen atoms in total. The molecule has 0 N–H and O–H groups in total. The molecule has 0 aliphatic heterocycles. The molecule has 0 aliphatic carbocycles. The topological polar surface area (TPSA) is 56.4 Å². The first-order chi connectivity index (χ1) is 13.0. The van der Waals surface area contributed by atoms with Gasteiger partial charge in [0.15, 0.2) is 5.78 Å². The molecule has 4 rings (SSSR count). The van der Waals surface area contributed by atoms with Gasteiger partial charge in [0.05, 0.1) is 17.6 Å². The average Bonchev–Trinajstić information content (AvgIpc) is 3.05. The van der Waals surface area contributed by atoms with E-state index < -0.39 is 0 Å². The van der Waals surface area contributed by atoms with Crippen molar-refractivity contribution >= 4 is 22.6 Å². The van der Waals surface area contributed by atoms with Crippen LogP contribution in [0, 0.1) is 12.7 Å². The standard InChI is InChI=1S/C21H18FN3O2/c1-3-16-13(2)24(12-19(26)14-8-10-15(22)11-9-14)21-23-17-6-4-5-7-18(17)25(21)20(16)27/h4-11H,3,12H2,1-2H3. The number of nitrogens with zero attached hydrogens (tertiary/aromatic N) is 3. The van der Waals surface area contributed by atoms with Gasteiger partial charge in [-0.3, -0.25) is 9.59 Å². The number of Topliss-reactive ketones (excluding diaryl/α,β-unsaturated/α-hetero) is 1. The molecule has 0 saturated heterocycles. The molecule has 4 aromatic rings. The number of halogens is 1. The highest BCUT2D eigenvalue weighted by molar-refractivity contribution is 5.96. The van der Waals surface area contributed by atoms with E-state index in [1.165, 1.54) is 24.3 Å². The van der Waals surface area contributed by atoms with Gasteiger partial charge in [-0.2, -0.15) is 0 Å². The molecular weight excluding hydrogens is 345 g/mol. The van der Waals surface area contributed by atoms with Gasteiger partial charge in [-0.25, -0.2) is 13.8 Å². The summed E-state index contributed by atoms with van der Waals surface area (Å²) in [5.74, 6) is -0.120. The maximum absolute atomic E-state index is 13.1. The molecule has 0 fully saturated rings. The zero-order valence-corrected chi connectivity index (χ0v) is 15.1. The molecule has 2 aromatic carbocycles. The van der Waals surface area contributed by atoms with E-state index in [0.717, 1.165) is 11.2 Å². The Morgan fingerprint density at radius 2 is 1.81 bits per heavy atom. The van der Waals surface area contributed by atoms with Gasteiger partial charge in [-0.1, -0.05) is 19.1 Å². The molecule has 0 bridgehead atoms. The van der Waals surface area contributed by atoms with Crippen molar-refractivity contribution in [2.45, 2.75) is 26.8 Å². The second-order valence-electron chi connectivity index (χ2n) is 6.47. The van der Waals surface area contributed by atoms with Crippen LogP contribution in [0.1, 0.15) is 28.5 Å². The average molecular weight is 363 g/mol. The summed E-state index contributed by atoms with van der Waals surface area (Å²) < 4.78 is 16.5. The second-order valence-corrected chi connectivity index (χ2v) is 6.47.